The van der Waals surface area contributed by atoms with Crippen LogP contribution in [0, 0.1) is 5.82 Å². The summed E-state index contributed by atoms with van der Waals surface area (Å²) in [5.74, 6) is -1.55. The molecule has 116 valence electrons. The third kappa shape index (κ3) is 3.99. The molecule has 1 aliphatic rings. The van der Waals surface area contributed by atoms with Crippen LogP contribution in [0.15, 0.2) is 15.8 Å². The first-order valence-electron chi connectivity index (χ1n) is 6.35. The van der Waals surface area contributed by atoms with Gasteiger partial charge in [0.2, 0.25) is 5.82 Å². The monoisotopic (exact) mass is 302 g/mol. The van der Waals surface area contributed by atoms with Crippen LogP contribution >= 0.6 is 0 Å². The molecule has 1 aromatic heterocycles. The molecule has 2 rings (SSSR count). The fourth-order valence-corrected chi connectivity index (χ4v) is 1.91. The van der Waals surface area contributed by atoms with Crippen molar-refractivity contribution in [1.82, 2.24) is 9.55 Å². The van der Waals surface area contributed by atoms with Crippen LogP contribution in [0.4, 0.5) is 4.39 Å². The number of nitrogens with one attached hydrogen (secondary N) is 1. The lowest BCUT2D eigenvalue weighted by Gasteiger charge is -2.21. The number of carbonyl (C=O) groups excluding carboxylic acids is 1. The molecule has 0 aliphatic carbocycles. The SMILES string of the molecule is CC(=O)OC[C@@H]1COCC[C@H](n2cc(F)c(=O)[nH]c2=O)O1. The Kier molecular flexibility index (Phi) is 4.86. The highest BCUT2D eigenvalue weighted by molar-refractivity contribution is 5.65. The average Bonchev–Trinajstić information content (AvgIpc) is 2.66. The number of aromatic amines is 1. The molecule has 0 bridgehead atoms. The molecule has 0 aromatic carbocycles. The molecule has 9 heteroatoms. The maximum Gasteiger partial charge on any atom is 0.330 e. The highest BCUT2D eigenvalue weighted by atomic mass is 19.1. The molecule has 1 saturated heterocycles. The van der Waals surface area contributed by atoms with E-state index in [2.05, 4.69) is 0 Å². The van der Waals surface area contributed by atoms with Gasteiger partial charge in [-0.1, -0.05) is 0 Å². The Balaban J connectivity index is 2.18. The molecule has 2 heterocycles. The van der Waals surface area contributed by atoms with Crippen LogP contribution in [0.2, 0.25) is 0 Å². The van der Waals surface area contributed by atoms with E-state index < -0.39 is 35.4 Å². The molecule has 1 aliphatic heterocycles. The predicted molar refractivity (Wildman–Crippen MR) is 67.3 cm³/mol. The molecular formula is C12H15FN2O6. The lowest BCUT2D eigenvalue weighted by atomic mass is 10.3. The second-order valence-electron chi connectivity index (χ2n) is 4.52. The molecule has 1 N–H and O–H groups in total. The molecule has 1 fully saturated rings. The summed E-state index contributed by atoms with van der Waals surface area (Å²) in [5.41, 5.74) is -1.86. The number of nitrogens with zero attached hydrogens (tertiary/aromatic N) is 1. The van der Waals surface area contributed by atoms with Gasteiger partial charge in [0.15, 0.2) is 0 Å². The molecule has 2 atom stereocenters. The van der Waals surface area contributed by atoms with Gasteiger partial charge >= 0.3 is 11.7 Å². The van der Waals surface area contributed by atoms with Crippen molar-refractivity contribution in [3.8, 4) is 0 Å². The zero-order valence-electron chi connectivity index (χ0n) is 11.3. The van der Waals surface area contributed by atoms with Crippen molar-refractivity contribution in [2.24, 2.45) is 0 Å². The first-order chi connectivity index (χ1) is 9.97. The molecular weight excluding hydrogens is 287 g/mol. The van der Waals surface area contributed by atoms with Crippen LogP contribution in [-0.4, -0.2) is 41.4 Å². The summed E-state index contributed by atoms with van der Waals surface area (Å²) in [7, 11) is 0. The standard InChI is InChI=1S/C12H15FN2O6/c1-7(16)20-6-8-5-19-3-2-10(21-8)15-4-9(13)11(17)14-12(15)18/h4,8,10H,2-3,5-6H2,1H3,(H,14,17,18)/t8-,10+/m0/s1. The van der Waals surface area contributed by atoms with Gasteiger partial charge in [0.05, 0.1) is 19.4 Å². The number of aromatic nitrogens is 2. The van der Waals surface area contributed by atoms with Gasteiger partial charge < -0.3 is 14.2 Å². The van der Waals surface area contributed by atoms with E-state index in [4.69, 9.17) is 14.2 Å². The van der Waals surface area contributed by atoms with Crippen LogP contribution < -0.4 is 11.2 Å². The second kappa shape index (κ2) is 6.64. The van der Waals surface area contributed by atoms with Gasteiger partial charge in [-0.25, -0.2) is 4.79 Å². The zero-order chi connectivity index (χ0) is 15.4. The van der Waals surface area contributed by atoms with Gasteiger partial charge in [0.25, 0.3) is 5.56 Å². The summed E-state index contributed by atoms with van der Waals surface area (Å²) in [4.78, 5) is 35.4. The van der Waals surface area contributed by atoms with Crippen molar-refractivity contribution in [1.29, 1.82) is 0 Å². The van der Waals surface area contributed by atoms with E-state index in [1.54, 1.807) is 0 Å². The van der Waals surface area contributed by atoms with E-state index in [0.717, 1.165) is 10.8 Å². The molecule has 0 saturated carbocycles. The van der Waals surface area contributed by atoms with Crippen LogP contribution in [-0.2, 0) is 19.0 Å². The van der Waals surface area contributed by atoms with Crippen LogP contribution in [0.1, 0.15) is 19.6 Å². The van der Waals surface area contributed by atoms with Gasteiger partial charge in [-0.15, -0.1) is 0 Å². The average molecular weight is 302 g/mol. The summed E-state index contributed by atoms with van der Waals surface area (Å²) in [6.07, 6.45) is -0.308. The fourth-order valence-electron chi connectivity index (χ4n) is 1.91. The van der Waals surface area contributed by atoms with Crippen LogP contribution in [0.25, 0.3) is 0 Å². The number of esters is 1. The minimum absolute atomic E-state index is 0.0353. The third-order valence-electron chi connectivity index (χ3n) is 2.87. The lowest BCUT2D eigenvalue weighted by Crippen LogP contribution is -2.36. The number of H-pyrrole nitrogens is 1. The lowest BCUT2D eigenvalue weighted by molar-refractivity contribution is -0.149. The number of hydrogen-bond donors (Lipinski definition) is 1. The number of ether oxygens (including phenoxy) is 3. The first kappa shape index (κ1) is 15.4. The van der Waals surface area contributed by atoms with E-state index in [1.165, 1.54) is 6.92 Å². The van der Waals surface area contributed by atoms with E-state index in [-0.39, 0.29) is 19.8 Å². The van der Waals surface area contributed by atoms with E-state index in [0.29, 0.717) is 6.42 Å². The first-order valence-corrected chi connectivity index (χ1v) is 6.35. The Bertz CT molecular complexity index is 625. The van der Waals surface area contributed by atoms with Crippen molar-refractivity contribution >= 4 is 5.97 Å². The minimum atomic E-state index is -1.09. The number of carbonyl (C=O) groups is 1. The zero-order valence-corrected chi connectivity index (χ0v) is 11.3. The molecule has 1 aromatic rings. The van der Waals surface area contributed by atoms with E-state index in [9.17, 15) is 18.8 Å². The number of halogens is 1. The minimum Gasteiger partial charge on any atom is -0.463 e. The predicted octanol–water partition coefficient (Wildman–Crippen LogP) is -0.457. The molecule has 0 unspecified atom stereocenters. The molecule has 0 radical (unpaired) electrons. The second-order valence-corrected chi connectivity index (χ2v) is 4.52. The Morgan fingerprint density at radius 1 is 1.57 bits per heavy atom. The van der Waals surface area contributed by atoms with Crippen molar-refractivity contribution in [2.45, 2.75) is 25.7 Å². The quantitative estimate of drug-likeness (QED) is 0.759. The van der Waals surface area contributed by atoms with Crippen molar-refractivity contribution in [2.75, 3.05) is 19.8 Å². The van der Waals surface area contributed by atoms with Crippen LogP contribution in [0.5, 0.6) is 0 Å². The smallest absolute Gasteiger partial charge is 0.330 e. The number of hydrogen-bond acceptors (Lipinski definition) is 6. The summed E-state index contributed by atoms with van der Waals surface area (Å²) < 4.78 is 30.0. The molecule has 0 spiro atoms. The molecule has 21 heavy (non-hydrogen) atoms. The maximum absolute atomic E-state index is 13.3. The Morgan fingerprint density at radius 2 is 2.33 bits per heavy atom. The summed E-state index contributed by atoms with van der Waals surface area (Å²) in [6, 6.07) is 0. The Hall–Kier alpha value is -2.00. The highest BCUT2D eigenvalue weighted by Crippen LogP contribution is 2.18. The third-order valence-corrected chi connectivity index (χ3v) is 2.87. The van der Waals surface area contributed by atoms with Gasteiger partial charge in [-0.05, 0) is 0 Å². The molecule has 0 amide bonds. The van der Waals surface area contributed by atoms with E-state index >= 15 is 0 Å². The maximum atomic E-state index is 13.3. The van der Waals surface area contributed by atoms with Crippen molar-refractivity contribution < 1.29 is 23.4 Å². The number of rotatable bonds is 3. The van der Waals surface area contributed by atoms with Gasteiger partial charge in [-0.2, -0.15) is 4.39 Å². The normalized spacial score (nSPS) is 22.6. The van der Waals surface area contributed by atoms with Gasteiger partial charge in [0, 0.05) is 13.3 Å². The summed E-state index contributed by atoms with van der Waals surface area (Å²) >= 11 is 0. The van der Waals surface area contributed by atoms with Crippen molar-refractivity contribution in [3.63, 3.8) is 0 Å². The van der Waals surface area contributed by atoms with Crippen LogP contribution in [0.3, 0.4) is 0 Å². The summed E-state index contributed by atoms with van der Waals surface area (Å²) in [5, 5.41) is 0. The van der Waals surface area contributed by atoms with Crippen molar-refractivity contribution in [3.05, 3.63) is 32.9 Å². The summed E-state index contributed by atoms with van der Waals surface area (Å²) in [6.45, 7) is 1.70. The largest absolute Gasteiger partial charge is 0.463 e. The topological polar surface area (TPSA) is 99.6 Å². The Morgan fingerprint density at radius 3 is 3.05 bits per heavy atom. The fraction of sp³-hybridized carbons (Fsp3) is 0.583. The highest BCUT2D eigenvalue weighted by Gasteiger charge is 2.24. The van der Waals surface area contributed by atoms with Gasteiger partial charge in [0.1, 0.15) is 18.9 Å². The van der Waals surface area contributed by atoms with Gasteiger partial charge in [-0.3, -0.25) is 19.1 Å². The molecule has 8 nitrogen and oxygen atoms in total. The Labute approximate surface area is 118 Å². The van der Waals surface area contributed by atoms with E-state index in [1.807, 2.05) is 4.98 Å².